The number of hydrogen-bond acceptors (Lipinski definition) is 4. The second-order valence-corrected chi connectivity index (χ2v) is 5.18. The van der Waals surface area contributed by atoms with Crippen LogP contribution in [0.15, 0.2) is 53.0 Å². The van der Waals surface area contributed by atoms with Gasteiger partial charge in [0.25, 0.3) is 11.8 Å². The van der Waals surface area contributed by atoms with Gasteiger partial charge in [-0.2, -0.15) is 0 Å². The third-order valence-corrected chi connectivity index (χ3v) is 3.36. The first-order chi connectivity index (χ1) is 10.6. The number of carbonyl (C=O) groups excluding carboxylic acids is 2. The van der Waals surface area contributed by atoms with Crippen molar-refractivity contribution in [2.24, 2.45) is 5.84 Å². The molecule has 7 heteroatoms. The van der Waals surface area contributed by atoms with Gasteiger partial charge in [0.05, 0.1) is 4.47 Å². The van der Waals surface area contributed by atoms with E-state index in [1.54, 1.807) is 30.3 Å². The van der Waals surface area contributed by atoms with E-state index >= 15 is 0 Å². The molecule has 0 aliphatic rings. The number of anilines is 1. The molecule has 0 radical (unpaired) electrons. The summed E-state index contributed by atoms with van der Waals surface area (Å²) >= 11 is 3.28. The molecule has 114 valence electrons. The van der Waals surface area contributed by atoms with Crippen LogP contribution in [-0.4, -0.2) is 18.4 Å². The van der Waals surface area contributed by atoms with Crippen LogP contribution in [-0.2, 0) is 4.79 Å². The minimum Gasteiger partial charge on any atom is -0.483 e. The van der Waals surface area contributed by atoms with Crippen molar-refractivity contribution in [1.29, 1.82) is 0 Å². The van der Waals surface area contributed by atoms with Gasteiger partial charge in [0.2, 0.25) is 0 Å². The third-order valence-electron chi connectivity index (χ3n) is 2.74. The van der Waals surface area contributed by atoms with Crippen molar-refractivity contribution in [3.8, 4) is 5.75 Å². The van der Waals surface area contributed by atoms with Gasteiger partial charge in [-0.1, -0.05) is 18.2 Å². The lowest BCUT2D eigenvalue weighted by Gasteiger charge is -2.10. The van der Waals surface area contributed by atoms with Crippen LogP contribution >= 0.6 is 15.9 Å². The molecular formula is C15H14BrN3O3. The predicted molar refractivity (Wildman–Crippen MR) is 86.4 cm³/mol. The summed E-state index contributed by atoms with van der Waals surface area (Å²) in [6.07, 6.45) is 0. The maximum Gasteiger partial charge on any atom is 0.265 e. The fourth-order valence-corrected chi connectivity index (χ4v) is 2.20. The van der Waals surface area contributed by atoms with Gasteiger partial charge in [0, 0.05) is 11.3 Å². The summed E-state index contributed by atoms with van der Waals surface area (Å²) in [5, 5.41) is 2.71. The van der Waals surface area contributed by atoms with Crippen LogP contribution < -0.4 is 21.3 Å². The Labute approximate surface area is 135 Å². The standard InChI is InChI=1S/C15H14BrN3O3/c16-12-8-10(15(21)19-17)6-7-13(12)22-9-14(20)18-11-4-2-1-3-5-11/h1-8H,9,17H2,(H,18,20)(H,19,21). The highest BCUT2D eigenvalue weighted by Crippen LogP contribution is 2.26. The molecule has 0 unspecified atom stereocenters. The van der Waals surface area contributed by atoms with Crippen molar-refractivity contribution in [3.05, 3.63) is 58.6 Å². The van der Waals surface area contributed by atoms with Crippen LogP contribution in [0.5, 0.6) is 5.75 Å². The molecule has 0 aliphatic carbocycles. The number of nitrogens with one attached hydrogen (secondary N) is 2. The Balaban J connectivity index is 1.94. The Morgan fingerprint density at radius 2 is 1.86 bits per heavy atom. The van der Waals surface area contributed by atoms with E-state index in [4.69, 9.17) is 10.6 Å². The molecule has 0 saturated carbocycles. The number of nitrogen functional groups attached to an aromatic ring is 1. The van der Waals surface area contributed by atoms with Gasteiger partial charge in [-0.25, -0.2) is 5.84 Å². The summed E-state index contributed by atoms with van der Waals surface area (Å²) in [6.45, 7) is -0.143. The molecular weight excluding hydrogens is 350 g/mol. The molecule has 0 atom stereocenters. The van der Waals surface area contributed by atoms with Crippen LogP contribution in [0.25, 0.3) is 0 Å². The Bertz CT molecular complexity index is 677. The Morgan fingerprint density at radius 3 is 2.50 bits per heavy atom. The fraction of sp³-hybridized carbons (Fsp3) is 0.0667. The summed E-state index contributed by atoms with van der Waals surface area (Å²) < 4.78 is 5.97. The van der Waals surface area contributed by atoms with Crippen molar-refractivity contribution in [3.63, 3.8) is 0 Å². The van der Waals surface area contributed by atoms with Crippen LogP contribution in [0.1, 0.15) is 10.4 Å². The second-order valence-electron chi connectivity index (χ2n) is 4.32. The van der Waals surface area contributed by atoms with Gasteiger partial charge in [-0.3, -0.25) is 15.0 Å². The molecule has 0 fully saturated rings. The zero-order valence-corrected chi connectivity index (χ0v) is 13.1. The molecule has 0 saturated heterocycles. The van der Waals surface area contributed by atoms with E-state index < -0.39 is 5.91 Å². The molecule has 6 nitrogen and oxygen atoms in total. The maximum absolute atomic E-state index is 11.8. The number of hydrogen-bond donors (Lipinski definition) is 3. The number of carbonyl (C=O) groups is 2. The monoisotopic (exact) mass is 363 g/mol. The number of ether oxygens (including phenoxy) is 1. The highest BCUT2D eigenvalue weighted by molar-refractivity contribution is 9.10. The molecule has 0 aliphatic heterocycles. The van der Waals surface area contributed by atoms with Gasteiger partial charge in [0.15, 0.2) is 6.61 Å². The quantitative estimate of drug-likeness (QED) is 0.430. The number of hydrazine groups is 1. The SMILES string of the molecule is NNC(=O)c1ccc(OCC(=O)Nc2ccccc2)c(Br)c1. The molecule has 2 rings (SSSR count). The lowest BCUT2D eigenvalue weighted by atomic mass is 10.2. The fourth-order valence-electron chi connectivity index (χ4n) is 1.70. The Morgan fingerprint density at radius 1 is 1.14 bits per heavy atom. The molecule has 0 heterocycles. The van der Waals surface area contributed by atoms with E-state index in [1.807, 2.05) is 23.6 Å². The Kier molecular flexibility index (Phi) is 5.51. The van der Waals surface area contributed by atoms with Crippen molar-refractivity contribution in [2.75, 3.05) is 11.9 Å². The summed E-state index contributed by atoms with van der Waals surface area (Å²) in [6, 6.07) is 13.8. The second kappa shape index (κ2) is 7.58. The minimum absolute atomic E-state index is 0.143. The van der Waals surface area contributed by atoms with Crippen LogP contribution in [0, 0.1) is 0 Å². The lowest BCUT2D eigenvalue weighted by molar-refractivity contribution is -0.118. The molecule has 2 aromatic rings. The zero-order valence-electron chi connectivity index (χ0n) is 11.5. The van der Waals surface area contributed by atoms with Crippen LogP contribution in [0.2, 0.25) is 0 Å². The van der Waals surface area contributed by atoms with E-state index in [0.717, 1.165) is 0 Å². The minimum atomic E-state index is -0.408. The topological polar surface area (TPSA) is 93.4 Å². The summed E-state index contributed by atoms with van der Waals surface area (Å²) in [4.78, 5) is 23.2. The van der Waals surface area contributed by atoms with Gasteiger partial charge < -0.3 is 10.1 Å². The molecule has 22 heavy (non-hydrogen) atoms. The lowest BCUT2D eigenvalue weighted by Crippen LogP contribution is -2.29. The summed E-state index contributed by atoms with van der Waals surface area (Å²) in [5.74, 6) is 4.84. The summed E-state index contributed by atoms with van der Waals surface area (Å²) in [7, 11) is 0. The van der Waals surface area contributed by atoms with Crippen molar-refractivity contribution in [1.82, 2.24) is 5.43 Å². The zero-order chi connectivity index (χ0) is 15.9. The highest BCUT2D eigenvalue weighted by Gasteiger charge is 2.09. The van der Waals surface area contributed by atoms with Crippen molar-refractivity contribution in [2.45, 2.75) is 0 Å². The molecule has 0 bridgehead atoms. The number of nitrogens with two attached hydrogens (primary N) is 1. The van der Waals surface area contributed by atoms with Crippen molar-refractivity contribution < 1.29 is 14.3 Å². The first-order valence-corrected chi connectivity index (χ1v) is 7.17. The average molecular weight is 364 g/mol. The van der Waals surface area contributed by atoms with E-state index in [1.165, 1.54) is 0 Å². The normalized spacial score (nSPS) is 9.91. The van der Waals surface area contributed by atoms with E-state index in [2.05, 4.69) is 21.2 Å². The first kappa shape index (κ1) is 16.0. The molecule has 2 amide bonds. The van der Waals surface area contributed by atoms with Crippen LogP contribution in [0.4, 0.5) is 5.69 Å². The number of halogens is 1. The average Bonchev–Trinajstić information content (AvgIpc) is 2.53. The van der Waals surface area contributed by atoms with E-state index in [9.17, 15) is 9.59 Å². The van der Waals surface area contributed by atoms with Crippen LogP contribution in [0.3, 0.4) is 0 Å². The predicted octanol–water partition coefficient (Wildman–Crippen LogP) is 2.07. The largest absolute Gasteiger partial charge is 0.483 e. The highest BCUT2D eigenvalue weighted by atomic mass is 79.9. The smallest absolute Gasteiger partial charge is 0.265 e. The van der Waals surface area contributed by atoms with Gasteiger partial charge in [0.1, 0.15) is 5.75 Å². The van der Waals surface area contributed by atoms with Gasteiger partial charge in [-0.05, 0) is 46.3 Å². The maximum atomic E-state index is 11.8. The van der Waals surface area contributed by atoms with E-state index in [-0.39, 0.29) is 12.5 Å². The number of amides is 2. The van der Waals surface area contributed by atoms with E-state index in [0.29, 0.717) is 21.5 Å². The molecule has 4 N–H and O–H groups in total. The third kappa shape index (κ3) is 4.31. The first-order valence-electron chi connectivity index (χ1n) is 6.38. The van der Waals surface area contributed by atoms with Gasteiger partial charge in [-0.15, -0.1) is 0 Å². The molecule has 0 aromatic heterocycles. The number of benzene rings is 2. The number of rotatable bonds is 5. The van der Waals surface area contributed by atoms with Gasteiger partial charge >= 0.3 is 0 Å². The molecule has 0 spiro atoms. The molecule has 2 aromatic carbocycles. The van der Waals surface area contributed by atoms with Crippen molar-refractivity contribution >= 4 is 33.4 Å². The summed E-state index contributed by atoms with van der Waals surface area (Å²) in [5.41, 5.74) is 3.12. The number of para-hydroxylation sites is 1. The Hall–Kier alpha value is -2.38.